The molecule has 4 heteroatoms. The van der Waals surface area contributed by atoms with E-state index in [1.54, 1.807) is 0 Å². The summed E-state index contributed by atoms with van der Waals surface area (Å²) in [5.74, 6) is 0.792. The molecule has 0 saturated heterocycles. The van der Waals surface area contributed by atoms with Gasteiger partial charge in [-0.25, -0.2) is 4.98 Å². The van der Waals surface area contributed by atoms with Crippen molar-refractivity contribution in [3.05, 3.63) is 28.5 Å². The Morgan fingerprint density at radius 2 is 2.31 bits per heavy atom. The fourth-order valence-electron chi connectivity index (χ4n) is 1.34. The minimum atomic E-state index is 0.422. The Kier molecular flexibility index (Phi) is 1.98. The number of hydrogen-bond donors (Lipinski definition) is 2. The molecular weight excluding hydrogens is 186 g/mol. The third-order valence-electron chi connectivity index (χ3n) is 2.08. The highest BCUT2D eigenvalue weighted by molar-refractivity contribution is 6.32. The largest absolute Gasteiger partial charge is 0.341 e. The van der Waals surface area contributed by atoms with E-state index < -0.39 is 0 Å². The molecule has 68 valence electrons. The van der Waals surface area contributed by atoms with E-state index in [1.165, 1.54) is 0 Å². The number of aryl methyl sites for hydroxylation is 1. The van der Waals surface area contributed by atoms with Crippen LogP contribution in [0.2, 0.25) is 5.02 Å². The van der Waals surface area contributed by atoms with Crippen LogP contribution in [0, 0.1) is 6.92 Å². The van der Waals surface area contributed by atoms with Crippen LogP contribution < -0.4 is 5.73 Å². The van der Waals surface area contributed by atoms with E-state index in [1.807, 2.05) is 19.1 Å². The molecule has 0 amide bonds. The fraction of sp³-hybridized carbons (Fsp3) is 0.222. The maximum Gasteiger partial charge on any atom is 0.121 e. The quantitative estimate of drug-likeness (QED) is 0.731. The summed E-state index contributed by atoms with van der Waals surface area (Å²) in [4.78, 5) is 7.45. The first kappa shape index (κ1) is 8.53. The topological polar surface area (TPSA) is 54.7 Å². The molecule has 3 N–H and O–H groups in total. The van der Waals surface area contributed by atoms with Crippen LogP contribution in [0.4, 0.5) is 0 Å². The first-order chi connectivity index (χ1) is 6.22. The number of fused-ring (bicyclic) bond motifs is 1. The average Bonchev–Trinajstić information content (AvgIpc) is 2.55. The Labute approximate surface area is 80.9 Å². The maximum atomic E-state index is 5.95. The monoisotopic (exact) mass is 195 g/mol. The Morgan fingerprint density at radius 3 is 3.00 bits per heavy atom. The third kappa shape index (κ3) is 1.30. The van der Waals surface area contributed by atoms with Crippen molar-refractivity contribution in [3.63, 3.8) is 0 Å². The van der Waals surface area contributed by atoms with Gasteiger partial charge in [0.1, 0.15) is 5.82 Å². The van der Waals surface area contributed by atoms with Gasteiger partial charge in [0.2, 0.25) is 0 Å². The molecule has 0 bridgehead atoms. The number of nitrogens with one attached hydrogen (secondary N) is 1. The first-order valence-electron chi connectivity index (χ1n) is 4.06. The molecule has 13 heavy (non-hydrogen) atoms. The van der Waals surface area contributed by atoms with E-state index in [2.05, 4.69) is 9.97 Å². The number of halogens is 1. The zero-order valence-corrected chi connectivity index (χ0v) is 8.02. The van der Waals surface area contributed by atoms with Gasteiger partial charge in [0, 0.05) is 5.02 Å². The molecule has 0 atom stereocenters. The molecule has 1 aromatic heterocycles. The van der Waals surface area contributed by atoms with Crippen molar-refractivity contribution in [2.24, 2.45) is 5.73 Å². The van der Waals surface area contributed by atoms with Crippen molar-refractivity contribution in [2.45, 2.75) is 13.5 Å². The molecule has 0 spiro atoms. The second-order valence-electron chi connectivity index (χ2n) is 2.96. The van der Waals surface area contributed by atoms with Gasteiger partial charge < -0.3 is 10.7 Å². The van der Waals surface area contributed by atoms with Crippen molar-refractivity contribution in [3.8, 4) is 0 Å². The highest BCUT2D eigenvalue weighted by atomic mass is 35.5. The SMILES string of the molecule is Cc1c(Cl)ccc2[nH]c(CN)nc12. The van der Waals surface area contributed by atoms with E-state index in [9.17, 15) is 0 Å². The number of nitrogens with two attached hydrogens (primary N) is 1. The first-order valence-corrected chi connectivity index (χ1v) is 4.44. The summed E-state index contributed by atoms with van der Waals surface area (Å²) in [7, 11) is 0. The lowest BCUT2D eigenvalue weighted by Crippen LogP contribution is -1.97. The summed E-state index contributed by atoms with van der Waals surface area (Å²) in [6, 6.07) is 3.77. The van der Waals surface area contributed by atoms with E-state index in [4.69, 9.17) is 17.3 Å². The molecule has 0 radical (unpaired) electrons. The van der Waals surface area contributed by atoms with Crippen molar-refractivity contribution in [1.82, 2.24) is 9.97 Å². The molecule has 0 saturated carbocycles. The van der Waals surface area contributed by atoms with E-state index >= 15 is 0 Å². The zero-order valence-electron chi connectivity index (χ0n) is 7.26. The summed E-state index contributed by atoms with van der Waals surface area (Å²) in [6.07, 6.45) is 0. The Bertz CT molecular complexity index is 447. The molecule has 1 aromatic carbocycles. The van der Waals surface area contributed by atoms with Crippen LogP contribution >= 0.6 is 11.6 Å². The lowest BCUT2D eigenvalue weighted by atomic mass is 10.2. The normalized spacial score (nSPS) is 11.0. The van der Waals surface area contributed by atoms with Gasteiger partial charge in [-0.05, 0) is 24.6 Å². The number of rotatable bonds is 1. The molecule has 0 unspecified atom stereocenters. The molecule has 2 aromatic rings. The molecule has 0 fully saturated rings. The van der Waals surface area contributed by atoms with Gasteiger partial charge in [-0.15, -0.1) is 0 Å². The van der Waals surface area contributed by atoms with E-state index in [0.717, 1.165) is 27.4 Å². The predicted octanol–water partition coefficient (Wildman–Crippen LogP) is 1.98. The number of hydrogen-bond acceptors (Lipinski definition) is 2. The Balaban J connectivity index is 2.76. The van der Waals surface area contributed by atoms with Gasteiger partial charge in [0.25, 0.3) is 0 Å². The van der Waals surface area contributed by atoms with Crippen molar-refractivity contribution in [1.29, 1.82) is 0 Å². The lowest BCUT2D eigenvalue weighted by molar-refractivity contribution is 0.958. The van der Waals surface area contributed by atoms with Gasteiger partial charge in [-0.1, -0.05) is 11.6 Å². The number of aromatic amines is 1. The lowest BCUT2D eigenvalue weighted by Gasteiger charge is -1.96. The number of H-pyrrole nitrogens is 1. The maximum absolute atomic E-state index is 5.95. The molecule has 3 nitrogen and oxygen atoms in total. The van der Waals surface area contributed by atoms with E-state index in [-0.39, 0.29) is 0 Å². The molecule has 2 rings (SSSR count). The Morgan fingerprint density at radius 1 is 1.54 bits per heavy atom. The number of nitrogens with zero attached hydrogens (tertiary/aromatic N) is 1. The summed E-state index contributed by atoms with van der Waals surface area (Å²) in [6.45, 7) is 2.37. The Hall–Kier alpha value is -1.06. The molecule has 1 heterocycles. The molecular formula is C9H10ClN3. The zero-order chi connectivity index (χ0) is 9.42. The second kappa shape index (κ2) is 3.01. The molecule has 0 aliphatic heterocycles. The highest BCUT2D eigenvalue weighted by Gasteiger charge is 2.05. The number of benzene rings is 1. The van der Waals surface area contributed by atoms with Crippen molar-refractivity contribution < 1.29 is 0 Å². The second-order valence-corrected chi connectivity index (χ2v) is 3.36. The van der Waals surface area contributed by atoms with Crippen molar-refractivity contribution in [2.75, 3.05) is 0 Å². The third-order valence-corrected chi connectivity index (χ3v) is 2.49. The van der Waals surface area contributed by atoms with Crippen molar-refractivity contribution >= 4 is 22.6 Å². The van der Waals surface area contributed by atoms with Crippen LogP contribution in [0.3, 0.4) is 0 Å². The highest BCUT2D eigenvalue weighted by Crippen LogP contribution is 2.23. The standard InChI is InChI=1S/C9H10ClN3/c1-5-6(10)2-3-7-9(5)13-8(4-11)12-7/h2-3H,4,11H2,1H3,(H,12,13). The number of aromatic nitrogens is 2. The predicted molar refractivity (Wildman–Crippen MR) is 53.7 cm³/mol. The minimum absolute atomic E-state index is 0.422. The van der Waals surface area contributed by atoms with Crippen LogP contribution in [0.15, 0.2) is 12.1 Å². The fourth-order valence-corrected chi connectivity index (χ4v) is 1.49. The van der Waals surface area contributed by atoms with Gasteiger partial charge in [0.15, 0.2) is 0 Å². The number of imidazole rings is 1. The van der Waals surface area contributed by atoms with Crippen LogP contribution in [-0.4, -0.2) is 9.97 Å². The van der Waals surface area contributed by atoms with E-state index in [0.29, 0.717) is 6.54 Å². The average molecular weight is 196 g/mol. The minimum Gasteiger partial charge on any atom is -0.341 e. The van der Waals surface area contributed by atoms with Gasteiger partial charge in [0.05, 0.1) is 17.6 Å². The van der Waals surface area contributed by atoms with Gasteiger partial charge in [-0.2, -0.15) is 0 Å². The van der Waals surface area contributed by atoms with Crippen LogP contribution in [0.5, 0.6) is 0 Å². The summed E-state index contributed by atoms with van der Waals surface area (Å²) in [5.41, 5.74) is 8.37. The smallest absolute Gasteiger partial charge is 0.121 e. The molecule has 0 aliphatic rings. The van der Waals surface area contributed by atoms with Crippen LogP contribution in [0.1, 0.15) is 11.4 Å². The molecule has 0 aliphatic carbocycles. The summed E-state index contributed by atoms with van der Waals surface area (Å²) >= 11 is 5.95. The van der Waals surface area contributed by atoms with Crippen LogP contribution in [-0.2, 0) is 6.54 Å². The van der Waals surface area contributed by atoms with Gasteiger partial charge >= 0.3 is 0 Å². The van der Waals surface area contributed by atoms with Crippen LogP contribution in [0.25, 0.3) is 11.0 Å². The summed E-state index contributed by atoms with van der Waals surface area (Å²) < 4.78 is 0. The van der Waals surface area contributed by atoms with Gasteiger partial charge in [-0.3, -0.25) is 0 Å². The summed E-state index contributed by atoms with van der Waals surface area (Å²) in [5, 5.41) is 0.738.